The lowest BCUT2D eigenvalue weighted by molar-refractivity contribution is -0.135. The molecule has 1 fully saturated rings. The molecule has 1 spiro atoms. The second-order valence-electron chi connectivity index (χ2n) is 15.1. The van der Waals surface area contributed by atoms with Gasteiger partial charge in [-0.3, -0.25) is 14.5 Å². The number of aryl methyl sites for hydroxylation is 2. The first-order chi connectivity index (χ1) is 25.3. The van der Waals surface area contributed by atoms with Crippen LogP contribution in [0.5, 0.6) is 5.75 Å². The van der Waals surface area contributed by atoms with Crippen molar-refractivity contribution in [2.45, 2.75) is 81.7 Å². The number of fused-ring (bicyclic) bond motifs is 4. The van der Waals surface area contributed by atoms with Crippen LogP contribution in [0.25, 0.3) is 0 Å². The zero-order valence-corrected chi connectivity index (χ0v) is 32.0. The summed E-state index contributed by atoms with van der Waals surface area (Å²) in [4.78, 5) is 33.5. The number of hydrogen-bond donors (Lipinski definition) is 1. The fraction of sp³-hybridized carbons (Fsp3) is 0.541. The fourth-order valence-electron chi connectivity index (χ4n) is 8.39. The molecule has 0 unspecified atom stereocenters. The molecular formula is C37H46ClFN8O5S. The van der Waals surface area contributed by atoms with E-state index in [1.54, 1.807) is 39.2 Å². The van der Waals surface area contributed by atoms with Crippen LogP contribution in [0.4, 0.5) is 10.1 Å². The van der Waals surface area contributed by atoms with Crippen molar-refractivity contribution in [2.24, 2.45) is 13.0 Å². The summed E-state index contributed by atoms with van der Waals surface area (Å²) in [6.45, 7) is 5.05. The highest BCUT2D eigenvalue weighted by molar-refractivity contribution is 7.90. The van der Waals surface area contributed by atoms with E-state index in [4.69, 9.17) is 16.3 Å². The Morgan fingerprint density at radius 1 is 1.19 bits per heavy atom. The van der Waals surface area contributed by atoms with E-state index in [-0.39, 0.29) is 24.6 Å². The lowest BCUT2D eigenvalue weighted by atomic mass is 9.70. The molecule has 7 rings (SSSR count). The van der Waals surface area contributed by atoms with E-state index in [0.29, 0.717) is 54.9 Å². The molecule has 4 heterocycles. The fourth-order valence-corrected chi connectivity index (χ4v) is 9.87. The number of likely N-dealkylation sites (N-methyl/N-ethyl adjacent to an activating group) is 1. The Morgan fingerprint density at radius 2 is 2.00 bits per heavy atom. The topological polar surface area (TPSA) is 143 Å². The molecule has 13 nitrogen and oxygen atoms in total. The summed E-state index contributed by atoms with van der Waals surface area (Å²) >= 11 is 6.45. The van der Waals surface area contributed by atoms with Crippen molar-refractivity contribution < 1.29 is 27.1 Å². The Bertz CT molecular complexity index is 2040. The minimum Gasteiger partial charge on any atom is -0.490 e. The molecule has 1 aliphatic carbocycles. The van der Waals surface area contributed by atoms with Crippen LogP contribution in [0.1, 0.15) is 73.3 Å². The zero-order valence-electron chi connectivity index (χ0n) is 30.5. The molecule has 16 heteroatoms. The van der Waals surface area contributed by atoms with Crippen molar-refractivity contribution in [3.63, 3.8) is 0 Å². The number of tetrazole rings is 1. The highest BCUT2D eigenvalue weighted by Gasteiger charge is 2.45. The molecule has 4 aliphatic rings. The van der Waals surface area contributed by atoms with Crippen LogP contribution in [-0.2, 0) is 40.2 Å². The van der Waals surface area contributed by atoms with Gasteiger partial charge in [0.05, 0.1) is 24.1 Å². The summed E-state index contributed by atoms with van der Waals surface area (Å²) in [6.07, 6.45) is 5.50. The lowest BCUT2D eigenvalue weighted by Gasteiger charge is -2.42. The number of ether oxygens (including phenoxy) is 1. The number of anilines is 1. The maximum absolute atomic E-state index is 16.8. The summed E-state index contributed by atoms with van der Waals surface area (Å²) in [5.74, 6) is -1.41. The molecule has 1 aromatic heterocycles. The van der Waals surface area contributed by atoms with E-state index in [0.717, 1.165) is 31.2 Å². The van der Waals surface area contributed by atoms with Crippen LogP contribution >= 0.6 is 11.6 Å². The van der Waals surface area contributed by atoms with E-state index < -0.39 is 50.3 Å². The monoisotopic (exact) mass is 768 g/mol. The number of benzene rings is 2. The second-order valence-corrected chi connectivity index (χ2v) is 17.6. The van der Waals surface area contributed by atoms with Crippen LogP contribution in [-0.4, -0.2) is 101 Å². The number of nitrogens with zero attached hydrogens (tertiary/aromatic N) is 7. The molecule has 0 radical (unpaired) electrons. The summed E-state index contributed by atoms with van der Waals surface area (Å²) in [5, 5.41) is 11.2. The number of amides is 2. The molecule has 1 saturated heterocycles. The van der Waals surface area contributed by atoms with Crippen LogP contribution in [0.2, 0.25) is 5.02 Å². The van der Waals surface area contributed by atoms with Crippen LogP contribution in [0.15, 0.2) is 48.3 Å². The number of carbonyl (C=O) groups is 2. The Kier molecular flexibility index (Phi) is 10.3. The molecule has 0 saturated carbocycles. The Labute approximate surface area is 314 Å². The Hall–Kier alpha value is -4.08. The van der Waals surface area contributed by atoms with Gasteiger partial charge in [0, 0.05) is 49.2 Å². The maximum Gasteiger partial charge on any atom is 0.264 e. The van der Waals surface area contributed by atoms with Gasteiger partial charge in [-0.15, -0.1) is 5.10 Å². The molecule has 1 N–H and O–H groups in total. The predicted octanol–water partition coefficient (Wildman–Crippen LogP) is 4.17. The average Bonchev–Trinajstić information content (AvgIpc) is 3.72. The van der Waals surface area contributed by atoms with Gasteiger partial charge >= 0.3 is 0 Å². The molecule has 2 bridgehead atoms. The van der Waals surface area contributed by atoms with Gasteiger partial charge < -0.3 is 14.5 Å². The molecule has 2 amide bonds. The smallest absolute Gasteiger partial charge is 0.264 e. The molecule has 5 atom stereocenters. The number of allylic oxidation sites excluding steroid dienone is 1. The van der Waals surface area contributed by atoms with Gasteiger partial charge in [0.1, 0.15) is 17.6 Å². The number of rotatable bonds is 3. The first-order valence-electron chi connectivity index (χ1n) is 18.2. The van der Waals surface area contributed by atoms with Crippen LogP contribution < -0.4 is 14.4 Å². The normalized spacial score (nSPS) is 28.5. The number of halogens is 2. The third-order valence-electron chi connectivity index (χ3n) is 11.7. The van der Waals surface area contributed by atoms with Gasteiger partial charge in [0.25, 0.3) is 5.91 Å². The van der Waals surface area contributed by atoms with Gasteiger partial charge in [0.15, 0.2) is 5.82 Å². The largest absolute Gasteiger partial charge is 0.490 e. The number of carbonyl (C=O) groups excluding carboxylic acids is 2. The number of hydrogen-bond acceptors (Lipinski definition) is 10. The van der Waals surface area contributed by atoms with E-state index in [2.05, 4.69) is 31.2 Å². The van der Waals surface area contributed by atoms with Gasteiger partial charge in [0.2, 0.25) is 15.9 Å². The zero-order chi connectivity index (χ0) is 37.7. The summed E-state index contributed by atoms with van der Waals surface area (Å²) in [5.41, 5.74) is 2.72. The standard InChI is InChI=1S/C37H46ClFN8O5S/c1-23-9-13-30(39)34(36(49)44(3)20-33-40-42-43-45(33)4)47-16-6-8-28(47)19-46-21-37(15-5-7-25-17-27(38)11-12-29(25)37)22-52-32-14-10-26(18-31(32)46)35(48)41-53(50,51)24(23)2/h10-14,17-18,23-24,28,34H,5-9,15-16,19-22H2,1-4H3,(H,41,48)/b30-13-/t23-,24+,28-,34+,37-/m0/s1. The Morgan fingerprint density at radius 3 is 2.77 bits per heavy atom. The lowest BCUT2D eigenvalue weighted by Crippen LogP contribution is -2.54. The number of nitrogens with one attached hydrogen (secondary N) is 1. The van der Waals surface area contributed by atoms with Gasteiger partial charge in [-0.25, -0.2) is 22.2 Å². The number of aromatic nitrogens is 4. The summed E-state index contributed by atoms with van der Waals surface area (Å²) < 4.78 is 54.1. The van der Waals surface area contributed by atoms with Crippen LogP contribution in [0, 0.1) is 5.92 Å². The molecular weight excluding hydrogens is 723 g/mol. The highest BCUT2D eigenvalue weighted by atomic mass is 35.5. The molecule has 284 valence electrons. The SMILES string of the molecule is C[C@@H]1[C@@H](C)C/C=C(\F)[C@H](C(=O)N(C)Cc2nnnn2C)N2CCC[C@H]2CN2C[C@@]3(CCCc4cc(Cl)ccc43)COc3ccc(cc32)C(=O)NS1(=O)=O. The van der Waals surface area contributed by atoms with Crippen molar-refractivity contribution in [1.29, 1.82) is 0 Å². The van der Waals surface area contributed by atoms with Crippen molar-refractivity contribution in [2.75, 3.05) is 38.2 Å². The quantitative estimate of drug-likeness (QED) is 0.413. The molecule has 2 aromatic carbocycles. The highest BCUT2D eigenvalue weighted by Crippen LogP contribution is 2.45. The first-order valence-corrected chi connectivity index (χ1v) is 20.1. The van der Waals surface area contributed by atoms with Crippen LogP contribution in [0.3, 0.4) is 0 Å². The molecule has 3 aliphatic heterocycles. The van der Waals surface area contributed by atoms with E-state index in [9.17, 15) is 18.0 Å². The van der Waals surface area contributed by atoms with Crippen molar-refractivity contribution in [1.82, 2.24) is 34.7 Å². The second kappa shape index (κ2) is 14.6. The Balaban J connectivity index is 1.33. The third-order valence-corrected chi connectivity index (χ3v) is 13.8. The van der Waals surface area contributed by atoms with Crippen molar-refractivity contribution in [3.8, 4) is 5.75 Å². The first kappa shape index (κ1) is 37.2. The molecule has 3 aromatic rings. The third kappa shape index (κ3) is 7.27. The van der Waals surface area contributed by atoms with E-state index in [1.165, 1.54) is 28.1 Å². The van der Waals surface area contributed by atoms with Gasteiger partial charge in [-0.2, -0.15) is 0 Å². The van der Waals surface area contributed by atoms with Crippen molar-refractivity contribution in [3.05, 3.63) is 75.8 Å². The minimum atomic E-state index is -4.16. The minimum absolute atomic E-state index is 0.0373. The van der Waals surface area contributed by atoms with E-state index in [1.807, 2.05) is 17.0 Å². The van der Waals surface area contributed by atoms with Gasteiger partial charge in [-0.1, -0.05) is 30.7 Å². The van der Waals surface area contributed by atoms with E-state index >= 15 is 4.39 Å². The number of sulfonamides is 1. The summed E-state index contributed by atoms with van der Waals surface area (Å²) in [6, 6.07) is 9.51. The predicted molar refractivity (Wildman–Crippen MR) is 198 cm³/mol. The summed E-state index contributed by atoms with van der Waals surface area (Å²) in [7, 11) is -0.876. The average molecular weight is 769 g/mol. The van der Waals surface area contributed by atoms with Crippen molar-refractivity contribution >= 4 is 39.1 Å². The van der Waals surface area contributed by atoms with Gasteiger partial charge in [-0.05, 0) is 110 Å². The molecule has 53 heavy (non-hydrogen) atoms. The maximum atomic E-state index is 16.8.